The van der Waals surface area contributed by atoms with Crippen LogP contribution in [0.1, 0.15) is 0 Å². The van der Waals surface area contributed by atoms with Crippen molar-refractivity contribution in [3.8, 4) is 11.3 Å². The average Bonchev–Trinajstić information content (AvgIpc) is 2.95. The molecule has 0 radical (unpaired) electrons. The van der Waals surface area contributed by atoms with E-state index in [0.29, 0.717) is 11.3 Å². The molecule has 0 bridgehead atoms. The molecule has 1 N–H and O–H groups in total. The van der Waals surface area contributed by atoms with Gasteiger partial charge in [0.1, 0.15) is 11.5 Å². The van der Waals surface area contributed by atoms with Crippen molar-refractivity contribution in [2.24, 2.45) is 0 Å². The van der Waals surface area contributed by atoms with Crippen LogP contribution in [0.4, 0.5) is 4.39 Å². The van der Waals surface area contributed by atoms with Crippen LogP contribution in [0.15, 0.2) is 59.7 Å². The zero-order valence-corrected chi connectivity index (χ0v) is 10.9. The van der Waals surface area contributed by atoms with E-state index < -0.39 is 5.82 Å². The number of halogens is 1. The molecule has 0 amide bonds. The summed E-state index contributed by atoms with van der Waals surface area (Å²) in [6, 6.07) is 12.0. The van der Waals surface area contributed by atoms with E-state index in [9.17, 15) is 9.18 Å². The SMILES string of the molecule is O=c1cc(-c2ccc3[nH]ccc3c2)nc2ccc(F)cn12. The van der Waals surface area contributed by atoms with E-state index in [1.165, 1.54) is 22.6 Å². The summed E-state index contributed by atoms with van der Waals surface area (Å²) >= 11 is 0. The number of H-pyrrole nitrogens is 1. The molecule has 0 aliphatic rings. The maximum Gasteiger partial charge on any atom is 0.258 e. The van der Waals surface area contributed by atoms with Gasteiger partial charge in [0, 0.05) is 34.9 Å². The number of aromatic nitrogens is 3. The minimum Gasteiger partial charge on any atom is -0.361 e. The molecule has 0 saturated carbocycles. The minimum absolute atomic E-state index is 0.302. The Labute approximate surface area is 118 Å². The van der Waals surface area contributed by atoms with Crippen LogP contribution in [-0.4, -0.2) is 14.4 Å². The fourth-order valence-corrected chi connectivity index (χ4v) is 2.44. The molecule has 5 heteroatoms. The molecule has 21 heavy (non-hydrogen) atoms. The van der Waals surface area contributed by atoms with Crippen molar-refractivity contribution in [1.82, 2.24) is 14.4 Å². The van der Waals surface area contributed by atoms with Crippen LogP contribution in [0, 0.1) is 5.82 Å². The van der Waals surface area contributed by atoms with E-state index in [0.717, 1.165) is 22.7 Å². The van der Waals surface area contributed by atoms with Crippen LogP contribution >= 0.6 is 0 Å². The van der Waals surface area contributed by atoms with Crippen LogP contribution in [0.5, 0.6) is 0 Å². The van der Waals surface area contributed by atoms with Crippen molar-refractivity contribution in [3.05, 3.63) is 71.0 Å². The van der Waals surface area contributed by atoms with E-state index in [4.69, 9.17) is 0 Å². The van der Waals surface area contributed by atoms with Gasteiger partial charge < -0.3 is 4.98 Å². The van der Waals surface area contributed by atoms with Gasteiger partial charge in [-0.15, -0.1) is 0 Å². The molecule has 0 fully saturated rings. The first-order valence-electron chi connectivity index (χ1n) is 6.47. The summed E-state index contributed by atoms with van der Waals surface area (Å²) in [5.41, 5.74) is 2.58. The van der Waals surface area contributed by atoms with E-state index in [-0.39, 0.29) is 5.56 Å². The van der Waals surface area contributed by atoms with Crippen LogP contribution in [-0.2, 0) is 0 Å². The smallest absolute Gasteiger partial charge is 0.258 e. The number of fused-ring (bicyclic) bond motifs is 2. The summed E-state index contributed by atoms with van der Waals surface area (Å²) in [5.74, 6) is -0.465. The van der Waals surface area contributed by atoms with E-state index in [1.807, 2.05) is 30.5 Å². The highest BCUT2D eigenvalue weighted by Gasteiger charge is 2.06. The summed E-state index contributed by atoms with van der Waals surface area (Å²) in [6.45, 7) is 0. The Balaban J connectivity index is 1.97. The van der Waals surface area contributed by atoms with Gasteiger partial charge in [0.2, 0.25) is 0 Å². The fraction of sp³-hybridized carbons (Fsp3) is 0. The molecule has 3 aromatic heterocycles. The third kappa shape index (κ3) is 1.90. The van der Waals surface area contributed by atoms with Gasteiger partial charge in [-0.25, -0.2) is 9.37 Å². The molecule has 4 nitrogen and oxygen atoms in total. The highest BCUT2D eigenvalue weighted by molar-refractivity contribution is 5.84. The lowest BCUT2D eigenvalue weighted by molar-refractivity contribution is 0.617. The second-order valence-electron chi connectivity index (χ2n) is 4.83. The number of nitrogens with zero attached hydrogens (tertiary/aromatic N) is 2. The maximum atomic E-state index is 13.2. The number of hydrogen-bond donors (Lipinski definition) is 1. The van der Waals surface area contributed by atoms with Gasteiger partial charge in [-0.05, 0) is 30.3 Å². The summed E-state index contributed by atoms with van der Waals surface area (Å²) < 4.78 is 14.4. The van der Waals surface area contributed by atoms with Crippen molar-refractivity contribution < 1.29 is 4.39 Å². The van der Waals surface area contributed by atoms with E-state index in [1.54, 1.807) is 0 Å². The van der Waals surface area contributed by atoms with E-state index in [2.05, 4.69) is 9.97 Å². The van der Waals surface area contributed by atoms with Crippen molar-refractivity contribution >= 4 is 16.6 Å². The summed E-state index contributed by atoms with van der Waals surface area (Å²) in [5, 5.41) is 1.05. The Bertz CT molecular complexity index is 1030. The maximum absolute atomic E-state index is 13.2. The van der Waals surface area contributed by atoms with Crippen molar-refractivity contribution in [2.45, 2.75) is 0 Å². The predicted molar refractivity (Wildman–Crippen MR) is 78.7 cm³/mol. The lowest BCUT2D eigenvalue weighted by Crippen LogP contribution is -2.14. The Hall–Kier alpha value is -2.95. The summed E-state index contributed by atoms with van der Waals surface area (Å²) in [4.78, 5) is 19.6. The molecule has 0 aliphatic heterocycles. The summed E-state index contributed by atoms with van der Waals surface area (Å²) in [6.07, 6.45) is 3.00. The van der Waals surface area contributed by atoms with Gasteiger partial charge in [0.05, 0.1) is 5.69 Å². The van der Waals surface area contributed by atoms with Crippen LogP contribution in [0.3, 0.4) is 0 Å². The highest BCUT2D eigenvalue weighted by Crippen LogP contribution is 2.22. The second kappa shape index (κ2) is 4.28. The lowest BCUT2D eigenvalue weighted by atomic mass is 10.1. The third-order valence-electron chi connectivity index (χ3n) is 3.47. The molecule has 4 aromatic rings. The zero-order chi connectivity index (χ0) is 14.4. The Morgan fingerprint density at radius 1 is 1.10 bits per heavy atom. The van der Waals surface area contributed by atoms with Gasteiger partial charge in [-0.2, -0.15) is 0 Å². The normalized spacial score (nSPS) is 11.3. The first kappa shape index (κ1) is 11.8. The van der Waals surface area contributed by atoms with Gasteiger partial charge in [0.15, 0.2) is 0 Å². The Morgan fingerprint density at radius 3 is 2.90 bits per heavy atom. The first-order chi connectivity index (χ1) is 10.2. The first-order valence-corrected chi connectivity index (χ1v) is 6.47. The molecule has 0 atom stereocenters. The predicted octanol–water partition coefficient (Wildman–Crippen LogP) is 2.98. The number of rotatable bonds is 1. The van der Waals surface area contributed by atoms with Crippen LogP contribution < -0.4 is 5.56 Å². The van der Waals surface area contributed by atoms with Gasteiger partial charge in [0.25, 0.3) is 5.56 Å². The van der Waals surface area contributed by atoms with Crippen molar-refractivity contribution in [1.29, 1.82) is 0 Å². The Morgan fingerprint density at radius 2 is 2.00 bits per heavy atom. The van der Waals surface area contributed by atoms with E-state index >= 15 is 0 Å². The monoisotopic (exact) mass is 279 g/mol. The topological polar surface area (TPSA) is 50.2 Å². The largest absolute Gasteiger partial charge is 0.361 e. The number of nitrogens with one attached hydrogen (secondary N) is 1. The van der Waals surface area contributed by atoms with Crippen LogP contribution in [0.2, 0.25) is 0 Å². The zero-order valence-electron chi connectivity index (χ0n) is 10.9. The molecular formula is C16H10FN3O. The third-order valence-corrected chi connectivity index (χ3v) is 3.47. The van der Waals surface area contributed by atoms with Gasteiger partial charge in [-0.3, -0.25) is 9.20 Å². The summed E-state index contributed by atoms with van der Waals surface area (Å²) in [7, 11) is 0. The Kier molecular flexibility index (Phi) is 2.41. The standard InChI is InChI=1S/C16H10FN3O/c17-12-2-4-15-19-14(8-16(21)20(15)9-12)10-1-3-13-11(7-10)5-6-18-13/h1-9,18H. The number of pyridine rings is 1. The quantitative estimate of drug-likeness (QED) is 0.582. The molecule has 0 saturated heterocycles. The number of benzene rings is 1. The molecule has 0 unspecified atom stereocenters. The fourth-order valence-electron chi connectivity index (χ4n) is 2.44. The molecule has 4 rings (SSSR count). The van der Waals surface area contributed by atoms with Crippen molar-refractivity contribution in [2.75, 3.05) is 0 Å². The van der Waals surface area contributed by atoms with Crippen LogP contribution in [0.25, 0.3) is 27.8 Å². The molecular weight excluding hydrogens is 269 g/mol. The van der Waals surface area contributed by atoms with Gasteiger partial charge >= 0.3 is 0 Å². The molecule has 0 spiro atoms. The number of hydrogen-bond acceptors (Lipinski definition) is 2. The molecule has 1 aromatic carbocycles. The molecule has 0 aliphatic carbocycles. The van der Waals surface area contributed by atoms with Gasteiger partial charge in [-0.1, -0.05) is 6.07 Å². The second-order valence-corrected chi connectivity index (χ2v) is 4.83. The average molecular weight is 279 g/mol. The molecule has 102 valence electrons. The minimum atomic E-state index is -0.465. The lowest BCUT2D eigenvalue weighted by Gasteiger charge is -2.04. The van der Waals surface area contributed by atoms with Crippen molar-refractivity contribution in [3.63, 3.8) is 0 Å². The molecule has 3 heterocycles. The highest BCUT2D eigenvalue weighted by atomic mass is 19.1. The number of aromatic amines is 1.